The number of amides is 1. The lowest BCUT2D eigenvalue weighted by Gasteiger charge is -2.29. The minimum Gasteiger partial charge on any atom is -0.444 e. The molecule has 2 fully saturated rings. The molecule has 0 heterocycles. The summed E-state index contributed by atoms with van der Waals surface area (Å²) in [4.78, 5) is 24.7. The van der Waals surface area contributed by atoms with Crippen LogP contribution < -0.4 is 5.32 Å². The number of carbonyl (C=O) groups excluding carboxylic acids is 2. The smallest absolute Gasteiger partial charge is 0.310 e. The lowest BCUT2D eigenvalue weighted by molar-refractivity contribution is -0.153. The van der Waals surface area contributed by atoms with Crippen molar-refractivity contribution < 1.29 is 14.3 Å². The van der Waals surface area contributed by atoms with Crippen molar-refractivity contribution in [1.29, 1.82) is 0 Å². The summed E-state index contributed by atoms with van der Waals surface area (Å²) in [6, 6.07) is 9.59. The van der Waals surface area contributed by atoms with Crippen LogP contribution in [0.2, 0.25) is 0 Å². The van der Waals surface area contributed by atoms with E-state index in [2.05, 4.69) is 11.2 Å². The first-order valence-electron chi connectivity index (χ1n) is 9.69. The second-order valence-corrected chi connectivity index (χ2v) is 7.43. The maximum absolute atomic E-state index is 12.5. The van der Waals surface area contributed by atoms with Crippen molar-refractivity contribution in [2.75, 3.05) is 0 Å². The largest absolute Gasteiger partial charge is 0.444 e. The van der Waals surface area contributed by atoms with Crippen LogP contribution in [-0.2, 0) is 14.3 Å². The quantitative estimate of drug-likeness (QED) is 0.648. The van der Waals surface area contributed by atoms with Crippen molar-refractivity contribution in [3.8, 4) is 12.3 Å². The summed E-state index contributed by atoms with van der Waals surface area (Å²) < 4.78 is 5.56. The minimum atomic E-state index is -0.636. The average molecular weight is 353 g/mol. The molecule has 1 N–H and O–H groups in total. The van der Waals surface area contributed by atoms with E-state index in [9.17, 15) is 9.59 Å². The van der Waals surface area contributed by atoms with Gasteiger partial charge in [-0.3, -0.25) is 9.59 Å². The lowest BCUT2D eigenvalue weighted by Crippen LogP contribution is -2.41. The molecule has 0 aliphatic heterocycles. The van der Waals surface area contributed by atoms with Crippen LogP contribution >= 0.6 is 0 Å². The zero-order chi connectivity index (χ0) is 18.4. The van der Waals surface area contributed by atoms with Crippen LogP contribution in [0.4, 0.5) is 0 Å². The van der Waals surface area contributed by atoms with Crippen LogP contribution in [-0.4, -0.2) is 17.9 Å². The predicted molar refractivity (Wildman–Crippen MR) is 100.0 cm³/mol. The van der Waals surface area contributed by atoms with Gasteiger partial charge in [-0.2, -0.15) is 0 Å². The summed E-state index contributed by atoms with van der Waals surface area (Å²) in [7, 11) is 0. The molecule has 1 aromatic carbocycles. The monoisotopic (exact) mass is 353 g/mol. The Balaban J connectivity index is 1.46. The highest BCUT2D eigenvalue weighted by molar-refractivity contribution is 5.79. The fourth-order valence-corrected chi connectivity index (χ4v) is 4.02. The Morgan fingerprint density at radius 2 is 1.65 bits per heavy atom. The number of nitrogens with one attached hydrogen (secondary N) is 1. The molecule has 0 bridgehead atoms. The van der Waals surface area contributed by atoms with Crippen molar-refractivity contribution in [1.82, 2.24) is 5.32 Å². The van der Waals surface area contributed by atoms with Gasteiger partial charge in [-0.1, -0.05) is 49.1 Å². The Morgan fingerprint density at radius 3 is 2.27 bits per heavy atom. The molecule has 4 heteroatoms. The maximum atomic E-state index is 12.5. The number of ether oxygens (including phenoxy) is 1. The molecule has 1 amide bonds. The normalized spacial score (nSPS) is 24.4. The third-order valence-electron chi connectivity index (χ3n) is 5.62. The van der Waals surface area contributed by atoms with E-state index in [1.807, 2.05) is 30.3 Å². The molecule has 26 heavy (non-hydrogen) atoms. The molecule has 0 saturated heterocycles. The van der Waals surface area contributed by atoms with E-state index in [1.165, 1.54) is 0 Å². The zero-order valence-electron chi connectivity index (χ0n) is 15.2. The molecule has 1 aromatic rings. The maximum Gasteiger partial charge on any atom is 0.310 e. The van der Waals surface area contributed by atoms with Gasteiger partial charge in [0.15, 0.2) is 6.10 Å². The van der Waals surface area contributed by atoms with Gasteiger partial charge in [0.2, 0.25) is 5.91 Å². The lowest BCUT2D eigenvalue weighted by atomic mass is 9.85. The van der Waals surface area contributed by atoms with Gasteiger partial charge in [0.1, 0.15) is 0 Å². The van der Waals surface area contributed by atoms with Crippen LogP contribution in [0, 0.1) is 24.2 Å². The predicted octanol–water partition coefficient (Wildman–Crippen LogP) is 3.77. The van der Waals surface area contributed by atoms with Gasteiger partial charge < -0.3 is 10.1 Å². The van der Waals surface area contributed by atoms with Crippen LogP contribution in [0.15, 0.2) is 30.3 Å². The SMILES string of the molecule is C#C[C@H](OC(=O)C1CCC(NC(=O)C2CCCC2)CC1)c1ccccc1. The first kappa shape index (κ1) is 18.5. The molecule has 2 aliphatic rings. The molecule has 138 valence electrons. The van der Waals surface area contributed by atoms with Crippen LogP contribution in [0.1, 0.15) is 63.0 Å². The molecule has 2 aliphatic carbocycles. The van der Waals surface area contributed by atoms with E-state index < -0.39 is 6.10 Å². The summed E-state index contributed by atoms with van der Waals surface area (Å²) in [6.45, 7) is 0. The summed E-state index contributed by atoms with van der Waals surface area (Å²) >= 11 is 0. The molecule has 3 rings (SSSR count). The summed E-state index contributed by atoms with van der Waals surface area (Å²) in [5.74, 6) is 2.59. The van der Waals surface area contributed by atoms with Gasteiger partial charge in [0.25, 0.3) is 0 Å². The fraction of sp³-hybridized carbons (Fsp3) is 0.545. The Morgan fingerprint density at radius 1 is 1.00 bits per heavy atom. The molecule has 0 unspecified atom stereocenters. The van der Waals surface area contributed by atoms with Crippen molar-refractivity contribution in [3.63, 3.8) is 0 Å². The van der Waals surface area contributed by atoms with Crippen molar-refractivity contribution >= 4 is 11.9 Å². The molecule has 0 radical (unpaired) electrons. The first-order valence-corrected chi connectivity index (χ1v) is 9.69. The number of benzene rings is 1. The second-order valence-electron chi connectivity index (χ2n) is 7.43. The molecule has 1 atom stereocenters. The Kier molecular flexibility index (Phi) is 6.33. The molecule has 0 aromatic heterocycles. The van der Waals surface area contributed by atoms with Gasteiger partial charge in [0.05, 0.1) is 5.92 Å². The van der Waals surface area contributed by atoms with Crippen molar-refractivity contribution in [3.05, 3.63) is 35.9 Å². The van der Waals surface area contributed by atoms with Gasteiger partial charge in [-0.05, 0) is 38.5 Å². The molecule has 0 spiro atoms. The topological polar surface area (TPSA) is 55.4 Å². The number of carbonyl (C=O) groups is 2. The Bertz CT molecular complexity index is 650. The summed E-state index contributed by atoms with van der Waals surface area (Å²) in [5, 5.41) is 3.17. The van der Waals surface area contributed by atoms with Gasteiger partial charge >= 0.3 is 5.97 Å². The van der Waals surface area contributed by atoms with E-state index in [0.29, 0.717) is 0 Å². The number of hydrogen-bond donors (Lipinski definition) is 1. The number of esters is 1. The van der Waals surface area contributed by atoms with Gasteiger partial charge in [-0.25, -0.2) is 0 Å². The Labute approximate surface area is 155 Å². The molecular weight excluding hydrogens is 326 g/mol. The first-order chi connectivity index (χ1) is 12.7. The number of hydrogen-bond acceptors (Lipinski definition) is 3. The number of rotatable bonds is 5. The van der Waals surface area contributed by atoms with Gasteiger partial charge in [0, 0.05) is 17.5 Å². The van der Waals surface area contributed by atoms with Crippen LogP contribution in [0.5, 0.6) is 0 Å². The highest BCUT2D eigenvalue weighted by Crippen LogP contribution is 2.29. The molecular formula is C22H27NO3. The third kappa shape index (κ3) is 4.66. The minimum absolute atomic E-state index is 0.130. The van der Waals surface area contributed by atoms with E-state index >= 15 is 0 Å². The van der Waals surface area contributed by atoms with E-state index in [0.717, 1.165) is 56.9 Å². The average Bonchev–Trinajstić information content (AvgIpc) is 3.22. The molecule has 2 saturated carbocycles. The summed E-state index contributed by atoms with van der Waals surface area (Å²) in [5.41, 5.74) is 0.820. The van der Waals surface area contributed by atoms with Crippen molar-refractivity contribution in [2.45, 2.75) is 63.5 Å². The second kappa shape index (κ2) is 8.89. The van der Waals surface area contributed by atoms with Crippen LogP contribution in [0.25, 0.3) is 0 Å². The van der Waals surface area contributed by atoms with E-state index in [4.69, 9.17) is 11.2 Å². The van der Waals surface area contributed by atoms with Gasteiger partial charge in [-0.15, -0.1) is 6.42 Å². The summed E-state index contributed by atoms with van der Waals surface area (Å²) in [6.07, 6.45) is 12.4. The Hall–Kier alpha value is -2.28. The third-order valence-corrected chi connectivity index (χ3v) is 5.62. The van der Waals surface area contributed by atoms with E-state index in [1.54, 1.807) is 0 Å². The highest BCUT2D eigenvalue weighted by atomic mass is 16.5. The fourth-order valence-electron chi connectivity index (χ4n) is 4.02. The highest BCUT2D eigenvalue weighted by Gasteiger charge is 2.31. The number of terminal acetylenes is 1. The standard InChI is InChI=1S/C22H27NO3/c1-2-20(16-8-4-3-5-9-16)26-22(25)18-12-14-19(15-13-18)23-21(24)17-10-6-7-11-17/h1,3-5,8-9,17-20H,6-7,10-15H2,(H,23,24)/t18?,19?,20-/m0/s1. The van der Waals surface area contributed by atoms with E-state index in [-0.39, 0.29) is 29.8 Å². The van der Waals surface area contributed by atoms with Crippen LogP contribution in [0.3, 0.4) is 0 Å². The molecule has 4 nitrogen and oxygen atoms in total. The van der Waals surface area contributed by atoms with Crippen molar-refractivity contribution in [2.24, 2.45) is 11.8 Å². The zero-order valence-corrected chi connectivity index (χ0v) is 15.2.